The lowest BCUT2D eigenvalue weighted by molar-refractivity contribution is 0.156. The Hall–Kier alpha value is -1.72. The van der Waals surface area contributed by atoms with Crippen LogP contribution in [0.15, 0.2) is 47.6 Å². The number of nitrogens with zero attached hydrogens (tertiary/aromatic N) is 1. The van der Waals surface area contributed by atoms with Gasteiger partial charge in [0, 0.05) is 34.0 Å². The number of aliphatic hydroxyl groups excluding tert-OH is 1. The molecule has 112 valence electrons. The molecule has 3 nitrogen and oxygen atoms in total. The van der Waals surface area contributed by atoms with Crippen molar-refractivity contribution in [3.8, 4) is 11.1 Å². The highest BCUT2D eigenvalue weighted by atomic mass is 32.2. The van der Waals surface area contributed by atoms with Crippen molar-refractivity contribution in [2.24, 2.45) is 0 Å². The van der Waals surface area contributed by atoms with Crippen LogP contribution in [0.1, 0.15) is 18.1 Å². The summed E-state index contributed by atoms with van der Waals surface area (Å²) >= 11 is 0. The quantitative estimate of drug-likeness (QED) is 0.864. The molecule has 2 atom stereocenters. The van der Waals surface area contributed by atoms with Crippen molar-refractivity contribution >= 4 is 15.4 Å². The fraction of sp³-hybridized carbons (Fsp3) is 0.250. The maximum absolute atomic E-state index is 12.2. The molecular formula is C16H18FNO2S. The molecule has 0 bridgehead atoms. The molecule has 1 N–H and O–H groups in total. The van der Waals surface area contributed by atoms with Crippen molar-refractivity contribution in [1.82, 2.24) is 4.98 Å². The highest BCUT2D eigenvalue weighted by Gasteiger charge is 2.08. The normalized spacial score (nSPS) is 15.4. The molecule has 2 aromatic rings. The Labute approximate surface area is 124 Å². The number of alkyl halides is 1. The second-order valence-electron chi connectivity index (χ2n) is 5.01. The van der Waals surface area contributed by atoms with Gasteiger partial charge in [0.25, 0.3) is 0 Å². The molecule has 0 saturated heterocycles. The van der Waals surface area contributed by atoms with Gasteiger partial charge in [0.1, 0.15) is 5.03 Å². The molecule has 0 radical (unpaired) electrons. The third-order valence-electron chi connectivity index (χ3n) is 3.19. The van der Waals surface area contributed by atoms with E-state index in [0.717, 1.165) is 11.1 Å². The minimum Gasteiger partial charge on any atom is -0.388 e. The molecule has 5 heteroatoms. The number of hydrogen-bond donors (Lipinski definition) is 1. The van der Waals surface area contributed by atoms with Crippen molar-refractivity contribution in [2.45, 2.75) is 17.6 Å². The zero-order valence-electron chi connectivity index (χ0n) is 11.8. The molecule has 0 amide bonds. The molecular weight excluding hydrogens is 289 g/mol. The summed E-state index contributed by atoms with van der Waals surface area (Å²) < 4.78 is 24.0. The van der Waals surface area contributed by atoms with Crippen molar-refractivity contribution in [3.63, 3.8) is 0 Å². The van der Waals surface area contributed by atoms with Gasteiger partial charge in [-0.25, -0.2) is 4.98 Å². The summed E-state index contributed by atoms with van der Waals surface area (Å²) in [4.78, 5) is 4.18. The molecule has 1 aromatic heterocycles. The first kappa shape index (κ1) is 15.7. The van der Waals surface area contributed by atoms with Crippen LogP contribution < -0.4 is 0 Å². The Morgan fingerprint density at radius 1 is 1.24 bits per heavy atom. The van der Waals surface area contributed by atoms with E-state index < -0.39 is 22.3 Å². The third kappa shape index (κ3) is 3.89. The summed E-state index contributed by atoms with van der Waals surface area (Å²) in [7, 11) is -2.31. The first-order valence-electron chi connectivity index (χ1n) is 6.54. The van der Waals surface area contributed by atoms with Crippen molar-refractivity contribution in [1.29, 1.82) is 0 Å². The Balaban J connectivity index is 2.23. The van der Waals surface area contributed by atoms with Gasteiger partial charge in [-0.15, -0.1) is 0 Å². The minimum atomic E-state index is -2.31. The average Bonchev–Trinajstić information content (AvgIpc) is 2.47. The summed E-state index contributed by atoms with van der Waals surface area (Å²) in [5, 5.41) is 10.2. The fourth-order valence-electron chi connectivity index (χ4n) is 1.97. The van der Waals surface area contributed by atoms with Gasteiger partial charge < -0.3 is 5.11 Å². The van der Waals surface area contributed by atoms with Gasteiger partial charge in [-0.1, -0.05) is 30.3 Å². The van der Waals surface area contributed by atoms with Crippen LogP contribution in [-0.2, 0) is 9.52 Å². The van der Waals surface area contributed by atoms with E-state index in [1.165, 1.54) is 0 Å². The molecule has 0 aliphatic carbocycles. The summed E-state index contributed by atoms with van der Waals surface area (Å²) in [5.74, 6) is 3.60. The van der Waals surface area contributed by atoms with Crippen LogP contribution >= 0.6 is 0 Å². The molecule has 0 aliphatic heterocycles. The molecule has 2 rings (SSSR count). The van der Waals surface area contributed by atoms with Crippen molar-refractivity contribution < 1.29 is 13.7 Å². The fourth-order valence-corrected chi connectivity index (χ4v) is 2.61. The monoisotopic (exact) mass is 307 g/mol. The Bertz CT molecular complexity index is 694. The van der Waals surface area contributed by atoms with Crippen LogP contribution in [0.4, 0.5) is 4.39 Å². The predicted octanol–water partition coefficient (Wildman–Crippen LogP) is 2.85. The Kier molecular flexibility index (Phi) is 4.75. The van der Waals surface area contributed by atoms with E-state index >= 15 is 0 Å². The largest absolute Gasteiger partial charge is 0.388 e. The predicted molar refractivity (Wildman–Crippen MR) is 84.7 cm³/mol. The van der Waals surface area contributed by atoms with Crippen LogP contribution in [0, 0.1) is 0 Å². The van der Waals surface area contributed by atoms with E-state index in [1.807, 2.05) is 18.2 Å². The molecule has 1 aromatic carbocycles. The molecule has 1 heterocycles. The molecule has 0 saturated carbocycles. The van der Waals surface area contributed by atoms with E-state index in [2.05, 4.69) is 10.9 Å². The molecule has 0 aliphatic rings. The number of pyridine rings is 1. The summed E-state index contributed by atoms with van der Waals surface area (Å²) in [6.07, 6.45) is 2.52. The van der Waals surface area contributed by atoms with Gasteiger partial charge in [-0.05, 0) is 23.1 Å². The number of aliphatic hydroxyl groups is 1. The standard InChI is InChI=1S/C16H18FNO2S/c1-21(2,20)16-8-7-14(11-18-16)12-3-5-13(6-4-12)15(19)9-10-17/h3-8,11,15,19H,1,9-10H2,2H3/t15-,21?/m0/s1. The smallest absolute Gasteiger partial charge is 0.118 e. The van der Waals surface area contributed by atoms with Gasteiger partial charge in [0.2, 0.25) is 0 Å². The number of aromatic nitrogens is 1. The lowest BCUT2D eigenvalue weighted by atomic mass is 10.0. The molecule has 21 heavy (non-hydrogen) atoms. The highest BCUT2D eigenvalue weighted by molar-refractivity contribution is 7.99. The number of benzene rings is 1. The van der Waals surface area contributed by atoms with Gasteiger partial charge in [-0.2, -0.15) is 0 Å². The van der Waals surface area contributed by atoms with Crippen LogP contribution in [0.5, 0.6) is 0 Å². The number of rotatable bonds is 5. The van der Waals surface area contributed by atoms with Crippen LogP contribution in [0.2, 0.25) is 0 Å². The Morgan fingerprint density at radius 2 is 1.86 bits per heavy atom. The van der Waals surface area contributed by atoms with Gasteiger partial charge in [0.15, 0.2) is 0 Å². The summed E-state index contributed by atoms with van der Waals surface area (Å²) in [5.41, 5.74) is 2.50. The maximum Gasteiger partial charge on any atom is 0.118 e. The van der Waals surface area contributed by atoms with Crippen molar-refractivity contribution in [3.05, 3.63) is 48.2 Å². The minimum absolute atomic E-state index is 0.101. The molecule has 0 spiro atoms. The zero-order chi connectivity index (χ0) is 15.5. The lowest BCUT2D eigenvalue weighted by Crippen LogP contribution is -2.00. The van der Waals surface area contributed by atoms with E-state index in [-0.39, 0.29) is 6.42 Å². The van der Waals surface area contributed by atoms with Crippen LogP contribution in [-0.4, -0.2) is 33.1 Å². The van der Waals surface area contributed by atoms with Crippen LogP contribution in [0.3, 0.4) is 0 Å². The molecule has 1 unspecified atom stereocenters. The first-order chi connectivity index (χ1) is 9.91. The van der Waals surface area contributed by atoms with Gasteiger partial charge in [-0.3, -0.25) is 8.60 Å². The van der Waals surface area contributed by atoms with Gasteiger partial charge in [0.05, 0.1) is 12.8 Å². The second-order valence-corrected chi connectivity index (χ2v) is 7.43. The van der Waals surface area contributed by atoms with Gasteiger partial charge >= 0.3 is 0 Å². The third-order valence-corrected chi connectivity index (χ3v) is 4.32. The zero-order valence-corrected chi connectivity index (χ0v) is 12.6. The Morgan fingerprint density at radius 3 is 2.33 bits per heavy atom. The topological polar surface area (TPSA) is 50.2 Å². The summed E-state index contributed by atoms with van der Waals surface area (Å²) in [6.45, 7) is -0.546. The van der Waals surface area contributed by atoms with E-state index in [9.17, 15) is 13.7 Å². The number of halogens is 1. The maximum atomic E-state index is 12.2. The highest BCUT2D eigenvalue weighted by Crippen LogP contribution is 2.23. The first-order valence-corrected chi connectivity index (χ1v) is 8.68. The second kappa shape index (κ2) is 6.37. The molecule has 0 fully saturated rings. The average molecular weight is 307 g/mol. The van der Waals surface area contributed by atoms with E-state index in [1.54, 1.807) is 30.7 Å². The van der Waals surface area contributed by atoms with E-state index in [4.69, 9.17) is 0 Å². The SMILES string of the molecule is C=S(C)(=O)c1ccc(-c2ccc([C@@H](O)CCF)cc2)cn1. The van der Waals surface area contributed by atoms with Crippen LogP contribution in [0.25, 0.3) is 11.1 Å². The number of hydrogen-bond acceptors (Lipinski definition) is 3. The summed E-state index contributed by atoms with van der Waals surface area (Å²) in [6, 6.07) is 10.8. The van der Waals surface area contributed by atoms with E-state index in [0.29, 0.717) is 10.6 Å². The van der Waals surface area contributed by atoms with Crippen molar-refractivity contribution in [2.75, 3.05) is 12.9 Å². The lowest BCUT2D eigenvalue weighted by Gasteiger charge is -2.10.